The van der Waals surface area contributed by atoms with Gasteiger partial charge in [-0.3, -0.25) is 0 Å². The zero-order valence-electron chi connectivity index (χ0n) is 11.0. The van der Waals surface area contributed by atoms with E-state index in [-0.39, 0.29) is 15.9 Å². The second kappa shape index (κ2) is 5.97. The Hall–Kier alpha value is -1.17. The zero-order chi connectivity index (χ0) is 18.5. The van der Waals surface area contributed by atoms with Crippen LogP contribution in [0.15, 0.2) is 27.3 Å². The largest absolute Gasteiger partial charge is 0.458 e. The van der Waals surface area contributed by atoms with Crippen molar-refractivity contribution in [3.05, 3.63) is 38.5 Å². The third-order valence-electron chi connectivity index (χ3n) is 2.89. The van der Waals surface area contributed by atoms with Gasteiger partial charge in [-0.1, -0.05) is 22.0 Å². The molecule has 0 amide bonds. The number of nitrogens with one attached hydrogen (secondary N) is 1. The molecule has 0 bridgehead atoms. The SMILES string of the molecule is FC(F)(F)c1[nH]c(-c2ccc(C(F)(F)C(F)(F)F)cc2Br)nc1Br. The first-order chi connectivity index (χ1) is 10.7. The summed E-state index contributed by atoms with van der Waals surface area (Å²) in [6, 6.07) is 1.76. The fraction of sp³-hybridized carbons (Fsp3) is 0.250. The number of aromatic nitrogens is 2. The van der Waals surface area contributed by atoms with Gasteiger partial charge in [-0.15, -0.1) is 0 Å². The van der Waals surface area contributed by atoms with Crippen LogP contribution in [0.2, 0.25) is 0 Å². The van der Waals surface area contributed by atoms with Gasteiger partial charge in [0.2, 0.25) is 0 Å². The Morgan fingerprint density at radius 3 is 1.92 bits per heavy atom. The Morgan fingerprint density at radius 2 is 1.50 bits per heavy atom. The molecule has 12 heteroatoms. The minimum Gasteiger partial charge on any atom is -0.333 e. The number of aromatic amines is 1. The molecule has 132 valence electrons. The summed E-state index contributed by atoms with van der Waals surface area (Å²) in [6.07, 6.45) is -10.6. The molecule has 2 nitrogen and oxygen atoms in total. The number of benzene rings is 1. The highest BCUT2D eigenvalue weighted by atomic mass is 79.9. The summed E-state index contributed by atoms with van der Waals surface area (Å²) in [5, 5.41) is 0. The highest BCUT2D eigenvalue weighted by Crippen LogP contribution is 2.45. The predicted molar refractivity (Wildman–Crippen MR) is 74.4 cm³/mol. The van der Waals surface area contributed by atoms with Crippen molar-refractivity contribution < 1.29 is 35.1 Å². The lowest BCUT2D eigenvalue weighted by molar-refractivity contribution is -0.289. The fourth-order valence-electron chi connectivity index (χ4n) is 1.73. The van der Waals surface area contributed by atoms with Crippen LogP contribution in [0.5, 0.6) is 0 Å². The van der Waals surface area contributed by atoms with Crippen molar-refractivity contribution in [2.75, 3.05) is 0 Å². The molecule has 1 aromatic carbocycles. The van der Waals surface area contributed by atoms with Gasteiger partial charge in [-0.25, -0.2) is 4.98 Å². The van der Waals surface area contributed by atoms with Crippen molar-refractivity contribution in [3.63, 3.8) is 0 Å². The minimum absolute atomic E-state index is 0.118. The van der Waals surface area contributed by atoms with Gasteiger partial charge in [0.1, 0.15) is 10.4 Å². The van der Waals surface area contributed by atoms with Crippen LogP contribution in [0.25, 0.3) is 11.4 Å². The normalized spacial score (nSPS) is 13.4. The van der Waals surface area contributed by atoms with Crippen molar-refractivity contribution in [1.29, 1.82) is 0 Å². The van der Waals surface area contributed by atoms with E-state index in [1.54, 1.807) is 0 Å². The maximum atomic E-state index is 13.3. The molecule has 0 aliphatic rings. The number of hydrogen-bond donors (Lipinski definition) is 1. The molecular formula is C12H4Br2F8N2. The van der Waals surface area contributed by atoms with E-state index in [0.717, 1.165) is 6.07 Å². The van der Waals surface area contributed by atoms with E-state index in [0.29, 0.717) is 12.1 Å². The Bertz CT molecular complexity index is 763. The van der Waals surface area contributed by atoms with Crippen LogP contribution in [-0.4, -0.2) is 16.1 Å². The van der Waals surface area contributed by atoms with E-state index < -0.39 is 34.1 Å². The number of H-pyrrole nitrogens is 1. The second-order valence-electron chi connectivity index (χ2n) is 4.52. The third-order valence-corrected chi connectivity index (χ3v) is 4.12. The molecule has 2 aromatic rings. The van der Waals surface area contributed by atoms with Gasteiger partial charge in [0, 0.05) is 15.6 Å². The standard InChI is InChI=1S/C12H4Br2F8N2/c13-6-3-4(10(15,16)12(20,21)22)1-2-5(6)9-23-7(8(14)24-9)11(17,18)19/h1-3H,(H,23,24). The first-order valence-corrected chi connectivity index (χ1v) is 7.41. The Balaban J connectivity index is 2.49. The molecule has 0 aliphatic carbocycles. The van der Waals surface area contributed by atoms with E-state index in [1.165, 1.54) is 0 Å². The van der Waals surface area contributed by atoms with E-state index in [1.807, 2.05) is 4.98 Å². The van der Waals surface area contributed by atoms with Crippen molar-refractivity contribution in [2.45, 2.75) is 18.3 Å². The molecule has 1 N–H and O–H groups in total. The Kier molecular flexibility index (Phi) is 4.77. The van der Waals surface area contributed by atoms with Crippen molar-refractivity contribution in [2.24, 2.45) is 0 Å². The molecule has 1 aromatic heterocycles. The summed E-state index contributed by atoms with van der Waals surface area (Å²) in [5.74, 6) is -5.46. The predicted octanol–water partition coefficient (Wildman–Crippen LogP) is 6.27. The number of halogens is 10. The molecular weight excluding hydrogens is 484 g/mol. The quantitative estimate of drug-likeness (QED) is 0.496. The van der Waals surface area contributed by atoms with E-state index in [2.05, 4.69) is 36.8 Å². The number of nitrogens with zero attached hydrogens (tertiary/aromatic N) is 1. The molecule has 24 heavy (non-hydrogen) atoms. The van der Waals surface area contributed by atoms with E-state index in [4.69, 9.17) is 0 Å². The number of alkyl halides is 8. The van der Waals surface area contributed by atoms with Gasteiger partial charge < -0.3 is 4.98 Å². The van der Waals surface area contributed by atoms with Crippen LogP contribution < -0.4 is 0 Å². The van der Waals surface area contributed by atoms with Crippen LogP contribution >= 0.6 is 31.9 Å². The molecule has 0 unspecified atom stereocenters. The number of rotatable bonds is 2. The summed E-state index contributed by atoms with van der Waals surface area (Å²) in [4.78, 5) is 5.49. The number of imidazole rings is 1. The van der Waals surface area contributed by atoms with E-state index in [9.17, 15) is 35.1 Å². The lowest BCUT2D eigenvalue weighted by Gasteiger charge is -2.20. The third kappa shape index (κ3) is 3.44. The molecule has 0 aliphatic heterocycles. The molecule has 0 atom stereocenters. The molecule has 2 rings (SSSR count). The molecule has 0 radical (unpaired) electrons. The summed E-state index contributed by atoms with van der Waals surface area (Å²) in [7, 11) is 0. The molecule has 0 fully saturated rings. The van der Waals surface area contributed by atoms with Crippen LogP contribution in [0.1, 0.15) is 11.3 Å². The first kappa shape index (κ1) is 19.2. The highest BCUT2D eigenvalue weighted by Gasteiger charge is 2.58. The Labute approximate surface area is 145 Å². The average molecular weight is 488 g/mol. The smallest absolute Gasteiger partial charge is 0.333 e. The van der Waals surface area contributed by atoms with Crippen molar-refractivity contribution in [1.82, 2.24) is 9.97 Å². The van der Waals surface area contributed by atoms with Crippen molar-refractivity contribution in [3.8, 4) is 11.4 Å². The van der Waals surface area contributed by atoms with E-state index >= 15 is 0 Å². The molecule has 0 saturated heterocycles. The molecule has 0 spiro atoms. The van der Waals surface area contributed by atoms with Gasteiger partial charge >= 0.3 is 18.3 Å². The summed E-state index contributed by atoms with van der Waals surface area (Å²) >= 11 is 5.37. The Morgan fingerprint density at radius 1 is 0.917 bits per heavy atom. The van der Waals surface area contributed by atoms with Gasteiger partial charge in [-0.05, 0) is 28.1 Å². The second-order valence-corrected chi connectivity index (χ2v) is 6.12. The lowest BCUT2D eigenvalue weighted by Crippen LogP contribution is -2.33. The van der Waals surface area contributed by atoms with Gasteiger partial charge in [0.15, 0.2) is 5.69 Å². The fourth-order valence-corrected chi connectivity index (χ4v) is 2.80. The van der Waals surface area contributed by atoms with Crippen LogP contribution in [0.3, 0.4) is 0 Å². The maximum absolute atomic E-state index is 13.3. The topological polar surface area (TPSA) is 28.7 Å². The minimum atomic E-state index is -5.80. The first-order valence-electron chi connectivity index (χ1n) is 5.83. The molecule has 1 heterocycles. The van der Waals surface area contributed by atoms with Crippen LogP contribution in [-0.2, 0) is 12.1 Å². The number of hydrogen-bond acceptors (Lipinski definition) is 1. The van der Waals surface area contributed by atoms with Gasteiger partial charge in [0.25, 0.3) is 0 Å². The van der Waals surface area contributed by atoms with Gasteiger partial charge in [-0.2, -0.15) is 35.1 Å². The summed E-state index contributed by atoms with van der Waals surface area (Å²) in [5.41, 5.74) is -2.69. The van der Waals surface area contributed by atoms with Crippen LogP contribution in [0, 0.1) is 0 Å². The van der Waals surface area contributed by atoms with Crippen molar-refractivity contribution >= 4 is 31.9 Å². The summed E-state index contributed by atoms with van der Waals surface area (Å²) in [6.45, 7) is 0. The monoisotopic (exact) mass is 486 g/mol. The van der Waals surface area contributed by atoms with Gasteiger partial charge in [0.05, 0.1) is 0 Å². The lowest BCUT2D eigenvalue weighted by atomic mass is 10.1. The maximum Gasteiger partial charge on any atom is 0.458 e. The average Bonchev–Trinajstić information content (AvgIpc) is 2.79. The summed E-state index contributed by atoms with van der Waals surface area (Å²) < 4.78 is 101. The molecule has 0 saturated carbocycles. The van der Waals surface area contributed by atoms with Crippen LogP contribution in [0.4, 0.5) is 35.1 Å². The highest BCUT2D eigenvalue weighted by molar-refractivity contribution is 9.10. The zero-order valence-corrected chi connectivity index (χ0v) is 14.1.